The molecule has 0 radical (unpaired) electrons. The van der Waals surface area contributed by atoms with Crippen LogP contribution in [0.5, 0.6) is 0 Å². The highest BCUT2D eigenvalue weighted by molar-refractivity contribution is 5.23. The Bertz CT molecular complexity index is 501. The van der Waals surface area contributed by atoms with Crippen LogP contribution in [-0.4, -0.2) is 11.2 Å². The van der Waals surface area contributed by atoms with Crippen LogP contribution in [0.15, 0.2) is 54.6 Å². The lowest BCUT2D eigenvalue weighted by Crippen LogP contribution is -2.14. The Balaban J connectivity index is 1.90. The molecule has 2 unspecified atom stereocenters. The van der Waals surface area contributed by atoms with Crippen molar-refractivity contribution in [1.82, 2.24) is 0 Å². The molecule has 0 aliphatic carbocycles. The molecule has 1 heteroatoms. The molecule has 0 aliphatic heterocycles. The molecule has 2 aromatic carbocycles. The van der Waals surface area contributed by atoms with Crippen LogP contribution >= 0.6 is 0 Å². The minimum atomic E-state index is -0.280. The van der Waals surface area contributed by atoms with Crippen molar-refractivity contribution in [3.8, 4) is 0 Å². The molecule has 0 spiro atoms. The molecule has 1 nitrogen and oxygen atoms in total. The van der Waals surface area contributed by atoms with Gasteiger partial charge in [0, 0.05) is 0 Å². The molecule has 0 aliphatic rings. The second-order valence-electron chi connectivity index (χ2n) is 5.58. The Kier molecular flexibility index (Phi) is 5.37. The summed E-state index contributed by atoms with van der Waals surface area (Å²) < 4.78 is 0. The summed E-state index contributed by atoms with van der Waals surface area (Å²) in [5.74, 6) is 0.390. The fourth-order valence-electron chi connectivity index (χ4n) is 2.59. The number of rotatable bonds is 6. The second-order valence-corrected chi connectivity index (χ2v) is 5.58. The van der Waals surface area contributed by atoms with Crippen LogP contribution in [0.1, 0.15) is 42.9 Å². The maximum Gasteiger partial charge on any atom is 0.0586 e. The standard InChI is InChI=1S/C19H24O/c1-3-16-9-11-17(12-10-16)14-19(20)13-15(2)18-7-5-4-6-8-18/h4-12,15,19-20H,3,13-14H2,1-2H3. The summed E-state index contributed by atoms with van der Waals surface area (Å²) in [5, 5.41) is 10.3. The van der Waals surface area contributed by atoms with Gasteiger partial charge in [0.25, 0.3) is 0 Å². The lowest BCUT2D eigenvalue weighted by molar-refractivity contribution is 0.157. The van der Waals surface area contributed by atoms with Crippen LogP contribution in [0.4, 0.5) is 0 Å². The highest BCUT2D eigenvalue weighted by Crippen LogP contribution is 2.21. The largest absolute Gasteiger partial charge is 0.393 e. The summed E-state index contributed by atoms with van der Waals surface area (Å²) in [7, 11) is 0. The Morgan fingerprint density at radius 1 is 0.900 bits per heavy atom. The van der Waals surface area contributed by atoms with Crippen LogP contribution in [0.3, 0.4) is 0 Å². The third-order valence-electron chi connectivity index (χ3n) is 3.90. The molecule has 0 bridgehead atoms. The topological polar surface area (TPSA) is 20.2 Å². The number of aliphatic hydroxyl groups is 1. The van der Waals surface area contributed by atoms with Crippen molar-refractivity contribution in [2.75, 3.05) is 0 Å². The number of hydrogen-bond acceptors (Lipinski definition) is 1. The second kappa shape index (κ2) is 7.25. The van der Waals surface area contributed by atoms with E-state index in [0.717, 1.165) is 19.3 Å². The average molecular weight is 268 g/mol. The minimum absolute atomic E-state index is 0.280. The van der Waals surface area contributed by atoms with Gasteiger partial charge in [-0.15, -0.1) is 0 Å². The average Bonchev–Trinajstić information content (AvgIpc) is 2.49. The summed E-state index contributed by atoms with van der Waals surface area (Å²) in [6.07, 6.45) is 2.33. The van der Waals surface area contributed by atoms with Crippen molar-refractivity contribution < 1.29 is 5.11 Å². The van der Waals surface area contributed by atoms with Gasteiger partial charge < -0.3 is 5.11 Å². The zero-order valence-electron chi connectivity index (χ0n) is 12.4. The zero-order valence-corrected chi connectivity index (χ0v) is 12.4. The van der Waals surface area contributed by atoms with Gasteiger partial charge in [-0.25, -0.2) is 0 Å². The molecule has 0 saturated heterocycles. The molecule has 2 aromatic rings. The van der Waals surface area contributed by atoms with E-state index in [2.05, 4.69) is 62.4 Å². The summed E-state index contributed by atoms with van der Waals surface area (Å²) >= 11 is 0. The predicted molar refractivity (Wildman–Crippen MR) is 85.0 cm³/mol. The van der Waals surface area contributed by atoms with Crippen LogP contribution in [0, 0.1) is 0 Å². The molecular weight excluding hydrogens is 244 g/mol. The normalized spacial score (nSPS) is 13.9. The number of benzene rings is 2. The lowest BCUT2D eigenvalue weighted by Gasteiger charge is -2.17. The molecule has 106 valence electrons. The van der Waals surface area contributed by atoms with Gasteiger partial charge in [0.15, 0.2) is 0 Å². The van der Waals surface area contributed by atoms with Crippen molar-refractivity contribution in [2.24, 2.45) is 0 Å². The first kappa shape index (κ1) is 14.8. The summed E-state index contributed by atoms with van der Waals surface area (Å²) in [5.41, 5.74) is 3.86. The van der Waals surface area contributed by atoms with Gasteiger partial charge in [-0.1, -0.05) is 68.4 Å². The van der Waals surface area contributed by atoms with Crippen molar-refractivity contribution in [3.05, 3.63) is 71.3 Å². The summed E-state index contributed by atoms with van der Waals surface area (Å²) in [6, 6.07) is 19.0. The molecule has 2 rings (SSSR count). The van der Waals surface area contributed by atoms with Crippen LogP contribution in [-0.2, 0) is 12.8 Å². The molecule has 2 atom stereocenters. The molecule has 1 N–H and O–H groups in total. The SMILES string of the molecule is CCc1ccc(CC(O)CC(C)c2ccccc2)cc1. The van der Waals surface area contributed by atoms with Crippen LogP contribution in [0.2, 0.25) is 0 Å². The maximum absolute atomic E-state index is 10.3. The van der Waals surface area contributed by atoms with Crippen molar-refractivity contribution in [3.63, 3.8) is 0 Å². The van der Waals surface area contributed by atoms with Gasteiger partial charge in [-0.3, -0.25) is 0 Å². The van der Waals surface area contributed by atoms with E-state index in [1.807, 2.05) is 6.07 Å². The molecule has 0 amide bonds. The van der Waals surface area contributed by atoms with Gasteiger partial charge in [-0.2, -0.15) is 0 Å². The van der Waals surface area contributed by atoms with Gasteiger partial charge in [-0.05, 0) is 41.9 Å². The third-order valence-corrected chi connectivity index (χ3v) is 3.90. The number of hydrogen-bond donors (Lipinski definition) is 1. The molecule has 0 heterocycles. The Morgan fingerprint density at radius 3 is 2.10 bits per heavy atom. The third kappa shape index (κ3) is 4.21. The van der Waals surface area contributed by atoms with E-state index >= 15 is 0 Å². The smallest absolute Gasteiger partial charge is 0.0586 e. The summed E-state index contributed by atoms with van der Waals surface area (Å²) in [4.78, 5) is 0. The zero-order chi connectivity index (χ0) is 14.4. The monoisotopic (exact) mass is 268 g/mol. The Morgan fingerprint density at radius 2 is 1.50 bits per heavy atom. The summed E-state index contributed by atoms with van der Waals surface area (Å²) in [6.45, 7) is 4.34. The highest BCUT2D eigenvalue weighted by Gasteiger charge is 2.12. The Hall–Kier alpha value is -1.60. The Labute approximate surface area is 122 Å². The fraction of sp³-hybridized carbons (Fsp3) is 0.368. The van der Waals surface area contributed by atoms with E-state index in [9.17, 15) is 5.11 Å². The number of aliphatic hydroxyl groups excluding tert-OH is 1. The number of aryl methyl sites for hydroxylation is 1. The predicted octanol–water partition coefficient (Wildman–Crippen LogP) is 4.35. The first-order valence-electron chi connectivity index (χ1n) is 7.50. The van der Waals surface area contributed by atoms with Crippen molar-refractivity contribution in [1.29, 1.82) is 0 Å². The van der Waals surface area contributed by atoms with E-state index in [1.54, 1.807) is 0 Å². The molecular formula is C19H24O. The van der Waals surface area contributed by atoms with Gasteiger partial charge in [0.05, 0.1) is 6.10 Å². The quantitative estimate of drug-likeness (QED) is 0.826. The van der Waals surface area contributed by atoms with E-state index in [4.69, 9.17) is 0 Å². The van der Waals surface area contributed by atoms with E-state index in [1.165, 1.54) is 16.7 Å². The minimum Gasteiger partial charge on any atom is -0.393 e. The van der Waals surface area contributed by atoms with Gasteiger partial charge in [0.1, 0.15) is 0 Å². The van der Waals surface area contributed by atoms with Gasteiger partial charge in [0.2, 0.25) is 0 Å². The van der Waals surface area contributed by atoms with Crippen LogP contribution in [0.25, 0.3) is 0 Å². The highest BCUT2D eigenvalue weighted by atomic mass is 16.3. The molecule has 20 heavy (non-hydrogen) atoms. The van der Waals surface area contributed by atoms with E-state index in [-0.39, 0.29) is 6.10 Å². The lowest BCUT2D eigenvalue weighted by atomic mass is 9.92. The van der Waals surface area contributed by atoms with Crippen LogP contribution < -0.4 is 0 Å². The van der Waals surface area contributed by atoms with Gasteiger partial charge >= 0.3 is 0 Å². The molecule has 0 aromatic heterocycles. The first-order chi connectivity index (χ1) is 9.69. The van der Waals surface area contributed by atoms with Crippen molar-refractivity contribution >= 4 is 0 Å². The molecule has 0 saturated carbocycles. The first-order valence-corrected chi connectivity index (χ1v) is 7.50. The maximum atomic E-state index is 10.3. The van der Waals surface area contributed by atoms with Crippen molar-refractivity contribution in [2.45, 2.75) is 45.1 Å². The van der Waals surface area contributed by atoms with E-state index in [0.29, 0.717) is 5.92 Å². The molecule has 0 fully saturated rings. The fourth-order valence-corrected chi connectivity index (χ4v) is 2.59. The van der Waals surface area contributed by atoms with E-state index < -0.39 is 0 Å².